The molecule has 0 saturated heterocycles. The van der Waals surface area contributed by atoms with E-state index < -0.39 is 7.82 Å². The molecule has 1 atom stereocenters. The maximum atomic E-state index is 11.8. The highest BCUT2D eigenvalue weighted by molar-refractivity contribution is 7.47. The summed E-state index contributed by atoms with van der Waals surface area (Å²) < 4.78 is 21.7. The zero-order valence-corrected chi connectivity index (χ0v) is 15.2. The number of rotatable bonds is 14. The van der Waals surface area contributed by atoms with Gasteiger partial charge < -0.3 is 4.52 Å². The first-order chi connectivity index (χ1) is 11.1. The van der Waals surface area contributed by atoms with Crippen molar-refractivity contribution >= 4 is 7.82 Å². The Morgan fingerprint density at radius 3 is 1.96 bits per heavy atom. The van der Waals surface area contributed by atoms with Crippen molar-refractivity contribution in [1.29, 1.82) is 0 Å². The van der Waals surface area contributed by atoms with Crippen LogP contribution >= 0.6 is 7.82 Å². The molecule has 0 aliphatic rings. The highest BCUT2D eigenvalue weighted by Crippen LogP contribution is 2.43. The van der Waals surface area contributed by atoms with Crippen molar-refractivity contribution in [3.8, 4) is 5.75 Å². The number of para-hydroxylation sites is 1. The number of unbranched alkanes of at least 4 members (excludes halogenated alkanes) is 9. The van der Waals surface area contributed by atoms with Crippen molar-refractivity contribution in [1.82, 2.24) is 0 Å². The molecular formula is C18H31O4P. The molecule has 1 rings (SSSR count). The predicted molar refractivity (Wildman–Crippen MR) is 94.7 cm³/mol. The lowest BCUT2D eigenvalue weighted by atomic mass is 10.1. The van der Waals surface area contributed by atoms with E-state index in [1.165, 1.54) is 44.9 Å². The average molecular weight is 342 g/mol. The van der Waals surface area contributed by atoms with E-state index in [2.05, 4.69) is 6.92 Å². The monoisotopic (exact) mass is 342 g/mol. The van der Waals surface area contributed by atoms with Crippen LogP contribution in [0.15, 0.2) is 30.3 Å². The van der Waals surface area contributed by atoms with Crippen LogP contribution < -0.4 is 4.52 Å². The van der Waals surface area contributed by atoms with Crippen LogP contribution in [0.1, 0.15) is 71.1 Å². The Hall–Kier alpha value is -0.830. The normalized spacial score (nSPS) is 13.7. The maximum absolute atomic E-state index is 11.8. The van der Waals surface area contributed by atoms with Crippen LogP contribution in [-0.4, -0.2) is 11.5 Å². The Morgan fingerprint density at radius 2 is 1.39 bits per heavy atom. The van der Waals surface area contributed by atoms with E-state index in [1.54, 1.807) is 24.3 Å². The van der Waals surface area contributed by atoms with E-state index in [0.29, 0.717) is 5.75 Å². The summed E-state index contributed by atoms with van der Waals surface area (Å²) in [5.74, 6) is 0.349. The summed E-state index contributed by atoms with van der Waals surface area (Å²) in [6.07, 6.45) is 12.2. The first kappa shape index (κ1) is 20.2. The van der Waals surface area contributed by atoms with Gasteiger partial charge in [0.1, 0.15) is 5.75 Å². The third-order valence-electron chi connectivity index (χ3n) is 3.72. The van der Waals surface area contributed by atoms with Crippen molar-refractivity contribution in [2.24, 2.45) is 0 Å². The summed E-state index contributed by atoms with van der Waals surface area (Å²) in [4.78, 5) is 9.62. The molecule has 0 amide bonds. The van der Waals surface area contributed by atoms with Gasteiger partial charge in [-0.2, -0.15) is 0 Å². The van der Waals surface area contributed by atoms with Crippen LogP contribution in [0.3, 0.4) is 0 Å². The highest BCUT2D eigenvalue weighted by Gasteiger charge is 2.22. The third-order valence-corrected chi connectivity index (χ3v) is 4.67. The number of hydrogen-bond acceptors (Lipinski definition) is 3. The van der Waals surface area contributed by atoms with Crippen molar-refractivity contribution in [3.63, 3.8) is 0 Å². The summed E-state index contributed by atoms with van der Waals surface area (Å²) in [6, 6.07) is 8.58. The lowest BCUT2D eigenvalue weighted by molar-refractivity contribution is 0.199. The Labute approximate surface area is 140 Å². The molecule has 0 bridgehead atoms. The number of phosphoric ester groups is 1. The quantitative estimate of drug-likeness (QED) is 0.328. The SMILES string of the molecule is CCCCCCCCCCCCOP(=O)(O)Oc1ccccc1. The van der Waals surface area contributed by atoms with Crippen LogP contribution in [0, 0.1) is 0 Å². The van der Waals surface area contributed by atoms with Gasteiger partial charge in [-0.15, -0.1) is 0 Å². The van der Waals surface area contributed by atoms with Gasteiger partial charge in [0, 0.05) is 0 Å². The summed E-state index contributed by atoms with van der Waals surface area (Å²) in [7, 11) is -3.99. The molecule has 0 spiro atoms. The fraction of sp³-hybridized carbons (Fsp3) is 0.667. The van der Waals surface area contributed by atoms with Gasteiger partial charge in [-0.3, -0.25) is 9.42 Å². The molecule has 0 aliphatic heterocycles. The van der Waals surface area contributed by atoms with Gasteiger partial charge in [-0.1, -0.05) is 82.9 Å². The Balaban J connectivity index is 1.96. The van der Waals surface area contributed by atoms with E-state index in [-0.39, 0.29) is 6.61 Å². The molecule has 0 heterocycles. The van der Waals surface area contributed by atoms with Crippen molar-refractivity contribution < 1.29 is 18.5 Å². The van der Waals surface area contributed by atoms with Crippen LogP contribution in [-0.2, 0) is 9.09 Å². The molecule has 4 nitrogen and oxygen atoms in total. The van der Waals surface area contributed by atoms with Gasteiger partial charge in [0.25, 0.3) is 0 Å². The van der Waals surface area contributed by atoms with Gasteiger partial charge in [0.2, 0.25) is 0 Å². The molecule has 1 N–H and O–H groups in total. The van der Waals surface area contributed by atoms with Gasteiger partial charge in [0.15, 0.2) is 0 Å². The lowest BCUT2D eigenvalue weighted by Crippen LogP contribution is -1.99. The average Bonchev–Trinajstić information content (AvgIpc) is 2.53. The molecule has 5 heteroatoms. The Morgan fingerprint density at radius 1 is 0.870 bits per heavy atom. The van der Waals surface area contributed by atoms with E-state index >= 15 is 0 Å². The molecule has 132 valence electrons. The van der Waals surface area contributed by atoms with E-state index in [9.17, 15) is 9.46 Å². The predicted octanol–water partition coefficient (Wildman–Crippen LogP) is 6.10. The third kappa shape index (κ3) is 11.4. The maximum Gasteiger partial charge on any atom is 0.527 e. The van der Waals surface area contributed by atoms with E-state index in [0.717, 1.165) is 19.3 Å². The van der Waals surface area contributed by atoms with Gasteiger partial charge >= 0.3 is 7.82 Å². The van der Waals surface area contributed by atoms with Gasteiger partial charge in [0.05, 0.1) is 6.61 Å². The van der Waals surface area contributed by atoms with Crippen LogP contribution in [0.2, 0.25) is 0 Å². The molecule has 0 radical (unpaired) electrons. The van der Waals surface area contributed by atoms with Crippen molar-refractivity contribution in [2.45, 2.75) is 71.1 Å². The number of benzene rings is 1. The molecule has 0 aliphatic carbocycles. The summed E-state index contributed by atoms with van der Waals surface area (Å²) in [6.45, 7) is 2.50. The fourth-order valence-corrected chi connectivity index (χ4v) is 3.21. The molecule has 0 aromatic heterocycles. The second-order valence-electron chi connectivity index (χ2n) is 5.89. The summed E-state index contributed by atoms with van der Waals surface area (Å²) in [5.41, 5.74) is 0. The molecular weight excluding hydrogens is 311 g/mol. The lowest BCUT2D eigenvalue weighted by Gasteiger charge is -2.12. The largest absolute Gasteiger partial charge is 0.527 e. The van der Waals surface area contributed by atoms with Crippen LogP contribution in [0.5, 0.6) is 5.75 Å². The number of phosphoric acid groups is 1. The minimum absolute atomic E-state index is 0.261. The molecule has 23 heavy (non-hydrogen) atoms. The first-order valence-electron chi connectivity index (χ1n) is 8.86. The standard InChI is InChI=1S/C18H31O4P/c1-2-3-4-5-6-7-8-9-10-14-17-21-23(19,20)22-18-15-12-11-13-16-18/h11-13,15-16H,2-10,14,17H2,1H3,(H,19,20). The van der Waals surface area contributed by atoms with Crippen LogP contribution in [0.25, 0.3) is 0 Å². The number of hydrogen-bond donors (Lipinski definition) is 1. The minimum Gasteiger partial charge on any atom is -0.404 e. The van der Waals surface area contributed by atoms with E-state index in [1.807, 2.05) is 6.07 Å². The summed E-state index contributed by atoms with van der Waals surface area (Å²) >= 11 is 0. The molecule has 1 unspecified atom stereocenters. The van der Waals surface area contributed by atoms with Crippen molar-refractivity contribution in [3.05, 3.63) is 30.3 Å². The summed E-state index contributed by atoms with van der Waals surface area (Å²) in [5, 5.41) is 0. The topological polar surface area (TPSA) is 55.8 Å². The Bertz CT molecular complexity index is 436. The Kier molecular flexibility index (Phi) is 11.1. The zero-order chi connectivity index (χ0) is 16.8. The van der Waals surface area contributed by atoms with Crippen LogP contribution in [0.4, 0.5) is 0 Å². The molecule has 0 saturated carbocycles. The van der Waals surface area contributed by atoms with Crippen molar-refractivity contribution in [2.75, 3.05) is 6.61 Å². The zero-order valence-electron chi connectivity index (χ0n) is 14.3. The fourth-order valence-electron chi connectivity index (χ4n) is 2.41. The molecule has 0 fully saturated rings. The smallest absolute Gasteiger partial charge is 0.404 e. The highest BCUT2D eigenvalue weighted by atomic mass is 31.2. The van der Waals surface area contributed by atoms with E-state index in [4.69, 9.17) is 9.05 Å². The van der Waals surface area contributed by atoms with Gasteiger partial charge in [-0.05, 0) is 18.6 Å². The second-order valence-corrected chi connectivity index (χ2v) is 7.27. The van der Waals surface area contributed by atoms with Gasteiger partial charge in [-0.25, -0.2) is 4.57 Å². The first-order valence-corrected chi connectivity index (χ1v) is 10.4. The molecule has 1 aromatic rings. The second kappa shape index (κ2) is 12.6. The minimum atomic E-state index is -3.99. The molecule has 1 aromatic carbocycles.